The molecule has 2 aliphatic carbocycles. The van der Waals surface area contributed by atoms with Crippen LogP contribution in [-0.4, -0.2) is 76.7 Å². The molecule has 2 aromatic heterocycles. The zero-order chi connectivity index (χ0) is 43.6. The highest BCUT2D eigenvalue weighted by molar-refractivity contribution is 6.44. The number of halogens is 4. The zero-order valence-corrected chi connectivity index (χ0v) is 37.1. The van der Waals surface area contributed by atoms with E-state index in [0.29, 0.717) is 48.5 Å². The van der Waals surface area contributed by atoms with Gasteiger partial charge in [-0.2, -0.15) is 0 Å². The quantitative estimate of drug-likeness (QED) is 0.0472. The second-order valence-electron chi connectivity index (χ2n) is 16.4. The lowest BCUT2D eigenvalue weighted by Crippen LogP contribution is -2.47. The van der Waals surface area contributed by atoms with Gasteiger partial charge in [0.25, 0.3) is 5.91 Å². The lowest BCUT2D eigenvalue weighted by molar-refractivity contribution is 0.0519. The summed E-state index contributed by atoms with van der Waals surface area (Å²) in [6, 6.07) is 10.8. The number of nitrogens with two attached hydrogens (primary N) is 5. The van der Waals surface area contributed by atoms with Gasteiger partial charge in [-0.3, -0.25) is 10.2 Å². The first-order valence-corrected chi connectivity index (χ1v) is 22.2. The number of nitrogens with one attached hydrogen (secondary N) is 1. The summed E-state index contributed by atoms with van der Waals surface area (Å²) in [5.41, 5.74) is 29.7. The molecule has 2 saturated carbocycles. The lowest BCUT2D eigenvalue weighted by Gasteiger charge is -2.42. The Balaban J connectivity index is 0.000000184. The number of nitrogens with zero attached hydrogens (tertiary/aromatic N) is 6. The topological polar surface area (TPSA) is 244 Å². The van der Waals surface area contributed by atoms with E-state index in [0.717, 1.165) is 77.5 Å². The highest BCUT2D eigenvalue weighted by Gasteiger charge is 2.45. The van der Waals surface area contributed by atoms with E-state index in [1.807, 2.05) is 4.90 Å². The van der Waals surface area contributed by atoms with Gasteiger partial charge in [0.1, 0.15) is 11.4 Å². The van der Waals surface area contributed by atoms with Crippen LogP contribution in [0.3, 0.4) is 0 Å². The third kappa shape index (κ3) is 8.88. The first-order valence-electron chi connectivity index (χ1n) is 20.7. The number of hydrogen-bond acceptors (Lipinski definition) is 14. The van der Waals surface area contributed by atoms with Crippen molar-refractivity contribution in [2.24, 2.45) is 28.1 Å². The Morgan fingerprint density at radius 1 is 0.705 bits per heavy atom. The fraction of sp³-hybridized carbons (Fsp3) is 0.476. The third-order valence-electron chi connectivity index (χ3n) is 13.1. The van der Waals surface area contributed by atoms with Crippen molar-refractivity contribution < 1.29 is 14.3 Å². The first-order chi connectivity index (χ1) is 29.2. The maximum Gasteiger partial charge on any atom is 0.360 e. The number of carbonyl (C=O) groups is 2. The number of piperidine rings is 2. The van der Waals surface area contributed by atoms with E-state index < -0.39 is 11.9 Å². The Morgan fingerprint density at radius 2 is 1.13 bits per heavy atom. The number of ether oxygens (including phenoxy) is 1. The van der Waals surface area contributed by atoms with E-state index in [1.165, 1.54) is 12.8 Å². The van der Waals surface area contributed by atoms with Gasteiger partial charge in [0.2, 0.25) is 0 Å². The van der Waals surface area contributed by atoms with Crippen LogP contribution in [0.15, 0.2) is 36.4 Å². The largest absolute Gasteiger partial charge is 0.461 e. The molecule has 0 radical (unpaired) electrons. The Labute approximate surface area is 375 Å². The number of hydrogen-bond donors (Lipinski definition) is 6. The Bertz CT molecular complexity index is 2280. The SMILES string of the molecule is CCOC(=O)c1nc(-c2cccc(Cl)c2Cl)c(N)nc1N1CCC2(CCC[C@H]2N)CC1.NNC(=O)c1nc(-c2cccc(Cl)c2Cl)c(N)nc1N1CCC2(CCC[C@H]2N)CC1. The lowest BCUT2D eigenvalue weighted by atomic mass is 9.74. The Hall–Kier alpha value is -4.22. The summed E-state index contributed by atoms with van der Waals surface area (Å²) in [6.45, 7) is 4.92. The summed E-state index contributed by atoms with van der Waals surface area (Å²) in [6.07, 6.45) is 10.6. The van der Waals surface area contributed by atoms with Crippen LogP contribution in [0.2, 0.25) is 20.1 Å². The third-order valence-corrected chi connectivity index (χ3v) is 14.7. The van der Waals surface area contributed by atoms with Gasteiger partial charge in [-0.25, -0.2) is 30.6 Å². The Morgan fingerprint density at radius 3 is 1.52 bits per heavy atom. The van der Waals surface area contributed by atoms with Gasteiger partial charge in [-0.1, -0.05) is 83.5 Å². The molecule has 0 unspecified atom stereocenters. The number of benzene rings is 2. The summed E-state index contributed by atoms with van der Waals surface area (Å²) < 4.78 is 5.27. The number of carbonyl (C=O) groups excluding carboxylic acids is 2. The van der Waals surface area contributed by atoms with E-state index in [9.17, 15) is 9.59 Å². The highest BCUT2D eigenvalue weighted by atomic mass is 35.5. The summed E-state index contributed by atoms with van der Waals surface area (Å²) in [5, 5.41) is 1.33. The first kappa shape index (κ1) is 44.8. The molecule has 4 fully saturated rings. The summed E-state index contributed by atoms with van der Waals surface area (Å²) in [7, 11) is 0. The molecule has 15 nitrogen and oxygen atoms in total. The Kier molecular flexibility index (Phi) is 13.7. The minimum absolute atomic E-state index is 0.101. The van der Waals surface area contributed by atoms with Gasteiger partial charge < -0.3 is 37.5 Å². The van der Waals surface area contributed by atoms with Gasteiger partial charge in [-0.15, -0.1) is 0 Å². The van der Waals surface area contributed by atoms with Gasteiger partial charge >= 0.3 is 5.97 Å². The molecule has 61 heavy (non-hydrogen) atoms. The monoisotopic (exact) mass is 912 g/mol. The van der Waals surface area contributed by atoms with Crippen LogP contribution in [0.1, 0.15) is 92.1 Å². The van der Waals surface area contributed by atoms with Crippen molar-refractivity contribution in [3.8, 4) is 22.5 Å². The maximum atomic E-state index is 12.8. The predicted octanol–water partition coefficient (Wildman–Crippen LogP) is 7.04. The molecule has 2 saturated heterocycles. The van der Waals surface area contributed by atoms with E-state index in [-0.39, 0.29) is 58.2 Å². The molecule has 4 aliphatic rings. The van der Waals surface area contributed by atoms with Crippen molar-refractivity contribution in [1.29, 1.82) is 0 Å². The zero-order valence-electron chi connectivity index (χ0n) is 34.0. The van der Waals surface area contributed by atoms with Crippen molar-refractivity contribution >= 4 is 81.6 Å². The number of aromatic nitrogens is 4. The van der Waals surface area contributed by atoms with Crippen molar-refractivity contribution in [3.05, 3.63) is 67.9 Å². The highest BCUT2D eigenvalue weighted by Crippen LogP contribution is 2.48. The van der Waals surface area contributed by atoms with Crippen molar-refractivity contribution in [3.63, 3.8) is 0 Å². The fourth-order valence-electron chi connectivity index (χ4n) is 9.55. The van der Waals surface area contributed by atoms with Crippen LogP contribution in [0.25, 0.3) is 22.5 Å². The van der Waals surface area contributed by atoms with E-state index in [2.05, 4.69) is 30.3 Å². The summed E-state index contributed by atoms with van der Waals surface area (Å²) in [4.78, 5) is 47.6. The molecule has 4 heterocycles. The minimum Gasteiger partial charge on any atom is -0.461 e. The molecule has 2 aliphatic heterocycles. The predicted molar refractivity (Wildman–Crippen MR) is 243 cm³/mol. The van der Waals surface area contributed by atoms with Gasteiger partial charge in [-0.05, 0) is 81.3 Å². The van der Waals surface area contributed by atoms with Crippen LogP contribution < -0.4 is 44.0 Å². The van der Waals surface area contributed by atoms with Crippen molar-refractivity contribution in [2.45, 2.75) is 83.2 Å². The number of anilines is 4. The van der Waals surface area contributed by atoms with Gasteiger partial charge in [0.15, 0.2) is 34.7 Å². The molecule has 2 aromatic carbocycles. The van der Waals surface area contributed by atoms with E-state index >= 15 is 0 Å². The number of rotatable bonds is 7. The molecular formula is C42H52Cl4N12O3. The van der Waals surface area contributed by atoms with E-state index in [1.54, 1.807) is 43.3 Å². The normalized spacial score (nSPS) is 20.4. The average Bonchev–Trinajstić information content (AvgIpc) is 3.79. The maximum absolute atomic E-state index is 12.8. The number of amides is 1. The molecule has 19 heteroatoms. The molecule has 2 spiro atoms. The van der Waals surface area contributed by atoms with E-state index in [4.69, 9.17) is 79.9 Å². The van der Waals surface area contributed by atoms with Crippen LogP contribution in [0.4, 0.5) is 23.3 Å². The molecule has 11 N–H and O–H groups in total. The molecule has 0 bridgehead atoms. The summed E-state index contributed by atoms with van der Waals surface area (Å²) in [5.74, 6) is 5.54. The van der Waals surface area contributed by atoms with Gasteiger partial charge in [0.05, 0.1) is 26.7 Å². The molecule has 326 valence electrons. The summed E-state index contributed by atoms with van der Waals surface area (Å²) >= 11 is 25.0. The fourth-order valence-corrected chi connectivity index (χ4v) is 10.3. The molecule has 4 aromatic rings. The van der Waals surface area contributed by atoms with Crippen molar-refractivity contribution in [2.75, 3.05) is 54.1 Å². The molecule has 2 atom stereocenters. The second-order valence-corrected chi connectivity index (χ2v) is 17.9. The number of nitrogen functional groups attached to an aromatic ring is 3. The van der Waals surface area contributed by atoms with Crippen LogP contribution >= 0.6 is 46.4 Å². The van der Waals surface area contributed by atoms with Crippen LogP contribution in [0, 0.1) is 10.8 Å². The minimum atomic E-state index is -0.547. The molecular weight excluding hydrogens is 862 g/mol. The van der Waals surface area contributed by atoms with Crippen molar-refractivity contribution in [1.82, 2.24) is 25.4 Å². The molecule has 8 rings (SSSR count). The number of hydrazine groups is 1. The van der Waals surface area contributed by atoms with Gasteiger partial charge in [0, 0.05) is 49.4 Å². The smallest absolute Gasteiger partial charge is 0.360 e. The second kappa shape index (κ2) is 18.6. The average molecular weight is 915 g/mol. The number of esters is 1. The molecule has 1 amide bonds. The standard InChI is InChI=1S/C22H27Cl2N5O2.C20H25Cl2N7O/c1-2-31-21(30)18-20(29-11-9-22(10-12-29)8-4-7-15(22)25)28-19(26)17(27-18)13-5-3-6-14(23)16(13)24;21-12-4-1-3-11(14(12)22)15-17(24)27-18(16(26-15)19(30)28-25)29-9-7-20(8-10-29)6-2-5-13(20)23/h3,5-6,15H,2,4,7-12,25H2,1H3,(H2,26,28);1,3-4,13H,2,5-10,23,25H2,(H2,24,27)(H,28,30)/t15-;13-/m11/s1. The van der Waals surface area contributed by atoms with Crippen LogP contribution in [-0.2, 0) is 4.74 Å². The van der Waals surface area contributed by atoms with Crippen LogP contribution in [0.5, 0.6) is 0 Å².